The Hall–Kier alpha value is -1.69. The van der Waals surface area contributed by atoms with Crippen LogP contribution < -0.4 is 0 Å². The molecule has 222 valence electrons. The van der Waals surface area contributed by atoms with Crippen molar-refractivity contribution in [2.75, 3.05) is 13.7 Å². The average molecular weight is 547 g/mol. The standard InChI is InChI=1S/C30H50O5.C3H4O/c1-21-6-9-26(10-7-21)30(32)35-28-18-14-24(15-19-28)23-12-16-27(17-13-23)34-29(31)25-5-3-4-22(8-11-25)20-33-2;1-2-3-4/h21-28H,3-20H2,1-2H3;2-3H,1H2. The fourth-order valence-electron chi connectivity index (χ4n) is 7.39. The Bertz CT molecular complexity index is 735. The van der Waals surface area contributed by atoms with E-state index in [0.29, 0.717) is 12.2 Å². The van der Waals surface area contributed by atoms with Gasteiger partial charge in [-0.3, -0.25) is 14.4 Å². The lowest BCUT2D eigenvalue weighted by atomic mass is 9.72. The Balaban J connectivity index is 0.000000983. The van der Waals surface area contributed by atoms with Crippen LogP contribution >= 0.6 is 0 Å². The van der Waals surface area contributed by atoms with Crippen molar-refractivity contribution in [1.29, 1.82) is 0 Å². The van der Waals surface area contributed by atoms with E-state index in [0.717, 1.165) is 88.6 Å². The fraction of sp³-hybridized carbons (Fsp3) is 0.848. The second kappa shape index (κ2) is 17.2. The van der Waals surface area contributed by atoms with Gasteiger partial charge in [0.2, 0.25) is 0 Å². The van der Waals surface area contributed by atoms with Gasteiger partial charge in [0.15, 0.2) is 0 Å². The van der Waals surface area contributed by atoms with Crippen LogP contribution in [-0.2, 0) is 28.6 Å². The molecule has 4 aliphatic carbocycles. The van der Waals surface area contributed by atoms with Gasteiger partial charge in [0.05, 0.1) is 11.8 Å². The van der Waals surface area contributed by atoms with Crippen LogP contribution in [0.25, 0.3) is 0 Å². The predicted octanol–water partition coefficient (Wildman–Crippen LogP) is 7.23. The molecular formula is C33H54O6. The second-order valence-corrected chi connectivity index (χ2v) is 12.8. The minimum atomic E-state index is 0.0567. The molecule has 6 nitrogen and oxygen atoms in total. The zero-order valence-electron chi connectivity index (χ0n) is 24.7. The quantitative estimate of drug-likeness (QED) is 0.138. The van der Waals surface area contributed by atoms with Gasteiger partial charge in [-0.05, 0) is 132 Å². The van der Waals surface area contributed by atoms with E-state index >= 15 is 0 Å². The zero-order chi connectivity index (χ0) is 28.0. The first-order valence-electron chi connectivity index (χ1n) is 15.9. The molecule has 0 spiro atoms. The van der Waals surface area contributed by atoms with Crippen LogP contribution in [0.2, 0.25) is 0 Å². The number of methoxy groups -OCH3 is 1. The van der Waals surface area contributed by atoms with Crippen LogP contribution in [0.4, 0.5) is 0 Å². The molecule has 0 radical (unpaired) electrons. The summed E-state index contributed by atoms with van der Waals surface area (Å²) in [5.41, 5.74) is 0. The smallest absolute Gasteiger partial charge is 0.309 e. The Kier molecular flexibility index (Phi) is 14.0. The lowest BCUT2D eigenvalue weighted by molar-refractivity contribution is -0.159. The van der Waals surface area contributed by atoms with E-state index in [1.807, 2.05) is 0 Å². The Morgan fingerprint density at radius 1 is 0.692 bits per heavy atom. The van der Waals surface area contributed by atoms with Crippen molar-refractivity contribution in [2.45, 2.75) is 128 Å². The van der Waals surface area contributed by atoms with Gasteiger partial charge in [-0.25, -0.2) is 0 Å². The van der Waals surface area contributed by atoms with Crippen molar-refractivity contribution >= 4 is 18.2 Å². The van der Waals surface area contributed by atoms with Crippen molar-refractivity contribution in [3.63, 3.8) is 0 Å². The van der Waals surface area contributed by atoms with Crippen molar-refractivity contribution < 1.29 is 28.6 Å². The highest BCUT2D eigenvalue weighted by Gasteiger charge is 2.35. The number of carbonyl (C=O) groups excluding carboxylic acids is 3. The summed E-state index contributed by atoms with van der Waals surface area (Å²) in [6.45, 7) is 6.22. The maximum absolute atomic E-state index is 12.8. The number of aldehydes is 1. The lowest BCUT2D eigenvalue weighted by Crippen LogP contribution is -2.33. The van der Waals surface area contributed by atoms with E-state index in [4.69, 9.17) is 19.0 Å². The van der Waals surface area contributed by atoms with Gasteiger partial charge in [-0.1, -0.05) is 19.9 Å². The molecule has 6 heteroatoms. The molecule has 2 unspecified atom stereocenters. The van der Waals surface area contributed by atoms with Gasteiger partial charge in [0, 0.05) is 13.7 Å². The van der Waals surface area contributed by atoms with E-state index in [-0.39, 0.29) is 36.0 Å². The van der Waals surface area contributed by atoms with Crippen molar-refractivity contribution in [3.05, 3.63) is 12.7 Å². The molecule has 0 N–H and O–H groups in total. The molecule has 4 aliphatic rings. The van der Waals surface area contributed by atoms with Crippen LogP contribution in [0.3, 0.4) is 0 Å². The van der Waals surface area contributed by atoms with Crippen molar-refractivity contribution in [2.24, 2.45) is 35.5 Å². The third-order valence-electron chi connectivity index (χ3n) is 9.94. The van der Waals surface area contributed by atoms with Gasteiger partial charge in [0.25, 0.3) is 0 Å². The highest BCUT2D eigenvalue weighted by atomic mass is 16.5. The van der Waals surface area contributed by atoms with Gasteiger partial charge in [-0.15, -0.1) is 0 Å². The number of hydrogen-bond acceptors (Lipinski definition) is 6. The van der Waals surface area contributed by atoms with Gasteiger partial charge < -0.3 is 14.2 Å². The lowest BCUT2D eigenvalue weighted by Gasteiger charge is -2.38. The molecule has 39 heavy (non-hydrogen) atoms. The largest absolute Gasteiger partial charge is 0.462 e. The molecule has 0 heterocycles. The Morgan fingerprint density at radius 3 is 1.62 bits per heavy atom. The van der Waals surface area contributed by atoms with E-state index in [2.05, 4.69) is 13.5 Å². The van der Waals surface area contributed by atoms with E-state index in [1.54, 1.807) is 7.11 Å². The summed E-state index contributed by atoms with van der Waals surface area (Å²) in [5.74, 6) is 3.22. The summed E-state index contributed by atoms with van der Waals surface area (Å²) in [7, 11) is 1.77. The van der Waals surface area contributed by atoms with Crippen LogP contribution in [-0.4, -0.2) is 44.1 Å². The molecule has 0 aromatic carbocycles. The molecule has 4 rings (SSSR count). The minimum Gasteiger partial charge on any atom is -0.462 e. The minimum absolute atomic E-state index is 0.0567. The van der Waals surface area contributed by atoms with E-state index in [1.165, 1.54) is 51.0 Å². The van der Waals surface area contributed by atoms with E-state index in [9.17, 15) is 9.59 Å². The van der Waals surface area contributed by atoms with Crippen LogP contribution in [0, 0.1) is 35.5 Å². The molecule has 0 saturated heterocycles. The number of hydrogen-bond donors (Lipinski definition) is 0. The topological polar surface area (TPSA) is 78.9 Å². The molecular weight excluding hydrogens is 492 g/mol. The summed E-state index contributed by atoms with van der Waals surface area (Å²) in [6.07, 6.45) is 20.5. The van der Waals surface area contributed by atoms with Gasteiger partial charge in [0.1, 0.15) is 18.5 Å². The maximum Gasteiger partial charge on any atom is 0.309 e. The molecule has 0 aliphatic heterocycles. The normalized spacial score (nSPS) is 35.3. The van der Waals surface area contributed by atoms with Crippen LogP contribution in [0.15, 0.2) is 12.7 Å². The van der Waals surface area contributed by atoms with E-state index < -0.39 is 0 Å². The Morgan fingerprint density at radius 2 is 1.15 bits per heavy atom. The summed E-state index contributed by atoms with van der Waals surface area (Å²) >= 11 is 0. The van der Waals surface area contributed by atoms with Crippen LogP contribution in [0.5, 0.6) is 0 Å². The summed E-state index contributed by atoms with van der Waals surface area (Å²) in [5, 5.41) is 0. The highest BCUT2D eigenvalue weighted by Crippen LogP contribution is 2.40. The third kappa shape index (κ3) is 10.7. The monoisotopic (exact) mass is 546 g/mol. The fourth-order valence-corrected chi connectivity index (χ4v) is 7.39. The molecule has 0 amide bonds. The number of rotatable bonds is 8. The predicted molar refractivity (Wildman–Crippen MR) is 153 cm³/mol. The second-order valence-electron chi connectivity index (χ2n) is 12.8. The molecule has 4 fully saturated rings. The first-order valence-corrected chi connectivity index (χ1v) is 15.9. The number of ether oxygens (including phenoxy) is 3. The average Bonchev–Trinajstić information content (AvgIpc) is 3.20. The van der Waals surface area contributed by atoms with Crippen LogP contribution in [0.1, 0.15) is 116 Å². The number of allylic oxidation sites excluding steroid dienone is 1. The maximum atomic E-state index is 12.8. The van der Waals surface area contributed by atoms with Gasteiger partial charge in [-0.2, -0.15) is 0 Å². The van der Waals surface area contributed by atoms with Crippen molar-refractivity contribution in [3.8, 4) is 0 Å². The molecule has 0 aromatic heterocycles. The Labute approximate surface area is 237 Å². The SMILES string of the molecule is C=CC=O.COCC1CCCC(C(=O)OC2CCC(C3CCC(OC(=O)C4CCC(C)CC4)CC3)CC2)CC1. The first-order chi connectivity index (χ1) is 18.9. The molecule has 2 atom stereocenters. The first kappa shape index (κ1) is 31.8. The molecule has 0 aromatic rings. The zero-order valence-corrected chi connectivity index (χ0v) is 24.7. The molecule has 0 bridgehead atoms. The number of carbonyl (C=O) groups is 3. The molecule has 4 saturated carbocycles. The summed E-state index contributed by atoms with van der Waals surface area (Å²) in [4.78, 5) is 34.5. The highest BCUT2D eigenvalue weighted by molar-refractivity contribution is 5.73. The van der Waals surface area contributed by atoms with Gasteiger partial charge >= 0.3 is 11.9 Å². The summed E-state index contributed by atoms with van der Waals surface area (Å²) in [6, 6.07) is 0. The van der Waals surface area contributed by atoms with Crippen molar-refractivity contribution in [1.82, 2.24) is 0 Å². The third-order valence-corrected chi connectivity index (χ3v) is 9.94. The number of esters is 2. The summed E-state index contributed by atoms with van der Waals surface area (Å²) < 4.78 is 17.3.